The van der Waals surface area contributed by atoms with E-state index in [2.05, 4.69) is 25.1 Å². The molecule has 0 atom stereocenters. The molecule has 0 unspecified atom stereocenters. The predicted octanol–water partition coefficient (Wildman–Crippen LogP) is 9.40. The number of aryl methyl sites for hydroxylation is 1. The monoisotopic (exact) mass is 457 g/mol. The van der Waals surface area contributed by atoms with Gasteiger partial charge in [-0.15, -0.1) is 0 Å². The van der Waals surface area contributed by atoms with Crippen LogP contribution in [0.5, 0.6) is 0 Å². The van der Waals surface area contributed by atoms with Gasteiger partial charge >= 0.3 is 5.97 Å². The van der Waals surface area contributed by atoms with Crippen molar-refractivity contribution in [3.8, 4) is 0 Å². The quantitative estimate of drug-likeness (QED) is 0.118. The number of carbonyl (C=O) groups excluding carboxylic acids is 1. The van der Waals surface area contributed by atoms with Crippen molar-refractivity contribution in [2.24, 2.45) is 0 Å². The molecule has 0 fully saturated rings. The average molecular weight is 458 g/mol. The van der Waals surface area contributed by atoms with Crippen molar-refractivity contribution in [2.45, 2.75) is 124 Å². The third-order valence-corrected chi connectivity index (χ3v) is 5.75. The molecule has 1 aromatic rings. The first-order valence-corrected chi connectivity index (χ1v) is 13.4. The summed E-state index contributed by atoms with van der Waals surface area (Å²) in [6.45, 7) is 13.7. The van der Waals surface area contributed by atoms with Gasteiger partial charge in [-0.3, -0.25) is 4.98 Å². The minimum atomic E-state index is -0.254. The van der Waals surface area contributed by atoms with Crippen molar-refractivity contribution in [3.05, 3.63) is 48.3 Å². The summed E-state index contributed by atoms with van der Waals surface area (Å²) >= 11 is 0. The van der Waals surface area contributed by atoms with Crippen molar-refractivity contribution in [3.63, 3.8) is 0 Å². The third kappa shape index (κ3) is 21.7. The Bertz CT molecular complexity index is 606. The van der Waals surface area contributed by atoms with Crippen molar-refractivity contribution in [1.82, 2.24) is 4.98 Å². The topological polar surface area (TPSA) is 39.2 Å². The van der Waals surface area contributed by atoms with Gasteiger partial charge in [-0.1, -0.05) is 129 Å². The van der Waals surface area contributed by atoms with Crippen LogP contribution in [0.3, 0.4) is 0 Å². The van der Waals surface area contributed by atoms with E-state index in [1.807, 2.05) is 25.3 Å². The Kier molecular flexibility index (Phi) is 21.9. The largest absolute Gasteiger partial charge is 0.462 e. The summed E-state index contributed by atoms with van der Waals surface area (Å²) in [5, 5.41) is 0. The minimum absolute atomic E-state index is 0.254. The van der Waals surface area contributed by atoms with Crippen LogP contribution in [0.1, 0.15) is 128 Å². The van der Waals surface area contributed by atoms with Gasteiger partial charge in [0.15, 0.2) is 0 Å². The number of aromatic nitrogens is 1. The van der Waals surface area contributed by atoms with Crippen LogP contribution in [0.15, 0.2) is 37.1 Å². The molecule has 0 aliphatic heterocycles. The minimum Gasteiger partial charge on any atom is -0.462 e. The van der Waals surface area contributed by atoms with Gasteiger partial charge < -0.3 is 4.74 Å². The standard InChI is InChI=1S/C22H42O2.C8H9N/c1-4-5-6-7-8-9-10-11-12-13-14-15-16-17-18-19-20-24-22(23)21(2)3;1-3-8-5-4-7(2)9-6-8/h2,4-20H2,1,3H3;3-6H,1H2,2H3. The lowest BCUT2D eigenvalue weighted by Gasteiger charge is -2.05. The molecular weight excluding hydrogens is 406 g/mol. The van der Waals surface area contributed by atoms with Gasteiger partial charge in [0.1, 0.15) is 0 Å². The highest BCUT2D eigenvalue weighted by Gasteiger charge is 2.01. The lowest BCUT2D eigenvalue weighted by Crippen LogP contribution is -2.05. The molecule has 0 amide bonds. The van der Waals surface area contributed by atoms with Crippen LogP contribution in [0.4, 0.5) is 0 Å². The van der Waals surface area contributed by atoms with Crippen LogP contribution in [0.2, 0.25) is 0 Å². The number of unbranched alkanes of at least 4 members (excludes halogenated alkanes) is 15. The Hall–Kier alpha value is -1.90. The molecule has 0 aromatic carbocycles. The number of esters is 1. The normalized spacial score (nSPS) is 10.3. The van der Waals surface area contributed by atoms with Crippen LogP contribution in [-0.2, 0) is 9.53 Å². The van der Waals surface area contributed by atoms with Crippen LogP contribution in [0, 0.1) is 6.92 Å². The molecule has 0 aliphatic rings. The van der Waals surface area contributed by atoms with Gasteiger partial charge in [0.05, 0.1) is 6.61 Å². The summed E-state index contributed by atoms with van der Waals surface area (Å²) in [6.07, 6.45) is 25.3. The number of hydrogen-bond acceptors (Lipinski definition) is 3. The van der Waals surface area contributed by atoms with E-state index < -0.39 is 0 Å². The van der Waals surface area contributed by atoms with Crippen molar-refractivity contribution in [2.75, 3.05) is 6.61 Å². The fraction of sp³-hybridized carbons (Fsp3) is 0.667. The zero-order chi connectivity index (χ0) is 24.6. The maximum atomic E-state index is 11.2. The van der Waals surface area contributed by atoms with E-state index in [4.69, 9.17) is 4.74 Å². The molecule has 1 heterocycles. The molecule has 0 bridgehead atoms. The molecule has 0 spiro atoms. The van der Waals surface area contributed by atoms with Gasteiger partial charge in [-0.25, -0.2) is 4.79 Å². The van der Waals surface area contributed by atoms with Gasteiger partial charge in [-0.05, 0) is 31.9 Å². The van der Waals surface area contributed by atoms with Crippen LogP contribution < -0.4 is 0 Å². The number of ether oxygens (including phenoxy) is 1. The molecule has 33 heavy (non-hydrogen) atoms. The highest BCUT2D eigenvalue weighted by atomic mass is 16.5. The molecule has 1 rings (SSSR count). The summed E-state index contributed by atoms with van der Waals surface area (Å²) < 4.78 is 5.08. The van der Waals surface area contributed by atoms with Gasteiger partial charge in [-0.2, -0.15) is 0 Å². The zero-order valence-corrected chi connectivity index (χ0v) is 22.0. The number of hydrogen-bond donors (Lipinski definition) is 0. The molecule has 1 aromatic heterocycles. The molecule has 0 aliphatic carbocycles. The smallest absolute Gasteiger partial charge is 0.333 e. The van der Waals surface area contributed by atoms with E-state index in [1.54, 1.807) is 13.0 Å². The first-order valence-electron chi connectivity index (χ1n) is 13.4. The highest BCUT2D eigenvalue weighted by Crippen LogP contribution is 2.13. The Balaban J connectivity index is 0.000000938. The van der Waals surface area contributed by atoms with Crippen molar-refractivity contribution in [1.29, 1.82) is 0 Å². The van der Waals surface area contributed by atoms with E-state index in [9.17, 15) is 4.79 Å². The van der Waals surface area contributed by atoms with E-state index in [0.29, 0.717) is 12.2 Å². The summed E-state index contributed by atoms with van der Waals surface area (Å²) in [6, 6.07) is 3.96. The first-order chi connectivity index (χ1) is 16.0. The van der Waals surface area contributed by atoms with Crippen LogP contribution in [-0.4, -0.2) is 17.6 Å². The van der Waals surface area contributed by atoms with E-state index in [1.165, 1.54) is 96.3 Å². The molecule has 3 nitrogen and oxygen atoms in total. The molecule has 0 saturated carbocycles. The molecule has 188 valence electrons. The second kappa shape index (κ2) is 23.3. The number of rotatable bonds is 19. The second-order valence-electron chi connectivity index (χ2n) is 9.16. The molecular formula is C30H51NO2. The maximum absolute atomic E-state index is 11.2. The van der Waals surface area contributed by atoms with E-state index >= 15 is 0 Å². The predicted molar refractivity (Wildman–Crippen MR) is 144 cm³/mol. The lowest BCUT2D eigenvalue weighted by atomic mass is 10.0. The molecule has 3 heteroatoms. The highest BCUT2D eigenvalue weighted by molar-refractivity contribution is 5.86. The van der Waals surface area contributed by atoms with Crippen molar-refractivity contribution < 1.29 is 9.53 Å². The van der Waals surface area contributed by atoms with Crippen LogP contribution in [0.25, 0.3) is 6.08 Å². The average Bonchev–Trinajstić information content (AvgIpc) is 2.81. The Morgan fingerprint density at radius 1 is 0.848 bits per heavy atom. The summed E-state index contributed by atoms with van der Waals surface area (Å²) in [7, 11) is 0. The van der Waals surface area contributed by atoms with Gasteiger partial charge in [0.2, 0.25) is 0 Å². The van der Waals surface area contributed by atoms with Crippen LogP contribution >= 0.6 is 0 Å². The Morgan fingerprint density at radius 2 is 1.30 bits per heavy atom. The van der Waals surface area contributed by atoms with Gasteiger partial charge in [0.25, 0.3) is 0 Å². The SMILES string of the molecule is C=C(C)C(=O)OCCCCCCCCCCCCCCCCCC.C=Cc1ccc(C)nc1. The van der Waals surface area contributed by atoms with E-state index in [0.717, 1.165) is 17.7 Å². The molecule has 0 N–H and O–H groups in total. The second-order valence-corrected chi connectivity index (χ2v) is 9.16. The summed E-state index contributed by atoms with van der Waals surface area (Å²) in [5.41, 5.74) is 2.60. The van der Waals surface area contributed by atoms with E-state index in [-0.39, 0.29) is 5.97 Å². The fourth-order valence-corrected chi connectivity index (χ4v) is 3.54. The lowest BCUT2D eigenvalue weighted by molar-refractivity contribution is -0.139. The maximum Gasteiger partial charge on any atom is 0.333 e. The van der Waals surface area contributed by atoms with Crippen molar-refractivity contribution >= 4 is 12.0 Å². The zero-order valence-electron chi connectivity index (χ0n) is 22.0. The number of nitrogens with zero attached hydrogens (tertiary/aromatic N) is 1. The number of carbonyl (C=O) groups is 1. The Morgan fingerprint density at radius 3 is 1.67 bits per heavy atom. The fourth-order valence-electron chi connectivity index (χ4n) is 3.54. The first kappa shape index (κ1) is 31.1. The van der Waals surface area contributed by atoms with Gasteiger partial charge in [0, 0.05) is 17.5 Å². The summed E-state index contributed by atoms with van der Waals surface area (Å²) in [4.78, 5) is 15.3. The summed E-state index contributed by atoms with van der Waals surface area (Å²) in [5.74, 6) is -0.254. The third-order valence-electron chi connectivity index (χ3n) is 5.75. The molecule has 0 saturated heterocycles. The Labute approximate surface area is 205 Å². The molecule has 0 radical (unpaired) electrons. The number of pyridine rings is 1.